The lowest BCUT2D eigenvalue weighted by molar-refractivity contribution is 0.700. The van der Waals surface area contributed by atoms with Gasteiger partial charge in [0.2, 0.25) is 0 Å². The number of thiophene rings is 1. The number of nitrogens with zero attached hydrogens (tertiary/aromatic N) is 3. The van der Waals surface area contributed by atoms with Crippen LogP contribution in [0.4, 0.5) is 0 Å². The average molecular weight is 344 g/mol. The first-order valence-electron chi connectivity index (χ1n) is 7.66. The summed E-state index contributed by atoms with van der Waals surface area (Å²) >= 11 is 3.17. The number of nitrogens with one attached hydrogen (secondary N) is 1. The molecule has 4 rings (SSSR count). The van der Waals surface area contributed by atoms with Crippen LogP contribution in [-0.2, 0) is 18.6 Å². The Labute approximate surface area is 141 Å². The summed E-state index contributed by atoms with van der Waals surface area (Å²) in [5.74, 6) is 1.26. The van der Waals surface area contributed by atoms with Crippen LogP contribution in [0.15, 0.2) is 22.2 Å². The lowest BCUT2D eigenvalue weighted by Crippen LogP contribution is -2.12. The van der Waals surface area contributed by atoms with Crippen LogP contribution in [0.1, 0.15) is 34.8 Å². The van der Waals surface area contributed by atoms with Gasteiger partial charge in [-0.2, -0.15) is 0 Å². The molecule has 3 heterocycles. The smallest absolute Gasteiger partial charge is 0.259 e. The van der Waals surface area contributed by atoms with Gasteiger partial charge in [0.15, 0.2) is 5.16 Å². The van der Waals surface area contributed by atoms with E-state index >= 15 is 0 Å². The number of aryl methyl sites for hydroxylation is 3. The normalized spacial score (nSPS) is 14.1. The summed E-state index contributed by atoms with van der Waals surface area (Å²) in [7, 11) is 0. The molecule has 7 heteroatoms. The second-order valence-electron chi connectivity index (χ2n) is 5.67. The predicted octanol–water partition coefficient (Wildman–Crippen LogP) is 3.25. The van der Waals surface area contributed by atoms with Gasteiger partial charge in [0.05, 0.1) is 11.1 Å². The minimum Gasteiger partial charge on any atom is -0.309 e. The molecule has 0 saturated heterocycles. The highest BCUT2D eigenvalue weighted by Crippen LogP contribution is 2.33. The molecule has 0 radical (unpaired) electrons. The highest BCUT2D eigenvalue weighted by Gasteiger charge is 2.19. The van der Waals surface area contributed by atoms with Crippen LogP contribution in [0.2, 0.25) is 0 Å². The average Bonchev–Trinajstić information content (AvgIpc) is 2.92. The van der Waals surface area contributed by atoms with Gasteiger partial charge in [0.25, 0.3) is 5.56 Å². The first kappa shape index (κ1) is 14.8. The fourth-order valence-electron chi connectivity index (χ4n) is 2.91. The van der Waals surface area contributed by atoms with Gasteiger partial charge in [0, 0.05) is 16.8 Å². The largest absolute Gasteiger partial charge is 0.309 e. The molecule has 0 fully saturated rings. The zero-order valence-electron chi connectivity index (χ0n) is 12.8. The topological polar surface area (TPSA) is 71.5 Å². The molecule has 1 N–H and O–H groups in total. The standard InChI is InChI=1S/C16H16N4OS2/c1-9-6-7-17-16(18-9)22-8-12-19-14(21)13-10-4-2-3-5-11(10)23-15(13)20-12/h6-7H,2-5,8H2,1H3,(H,19,20,21). The summed E-state index contributed by atoms with van der Waals surface area (Å²) < 4.78 is 0. The maximum atomic E-state index is 12.5. The Morgan fingerprint density at radius 2 is 2.17 bits per heavy atom. The van der Waals surface area contributed by atoms with E-state index in [2.05, 4.69) is 19.9 Å². The van der Waals surface area contributed by atoms with Crippen molar-refractivity contribution in [3.8, 4) is 0 Å². The Hall–Kier alpha value is -1.73. The van der Waals surface area contributed by atoms with Gasteiger partial charge in [-0.05, 0) is 44.2 Å². The van der Waals surface area contributed by atoms with E-state index in [1.807, 2.05) is 13.0 Å². The van der Waals surface area contributed by atoms with Crippen LogP contribution in [-0.4, -0.2) is 19.9 Å². The molecular weight excluding hydrogens is 328 g/mol. The number of hydrogen-bond donors (Lipinski definition) is 1. The molecular formula is C16H16N4OS2. The molecule has 0 spiro atoms. The fraction of sp³-hybridized carbons (Fsp3) is 0.375. The van der Waals surface area contributed by atoms with Crippen LogP contribution < -0.4 is 5.56 Å². The molecule has 0 aromatic carbocycles. The van der Waals surface area contributed by atoms with E-state index in [0.29, 0.717) is 16.7 Å². The zero-order valence-corrected chi connectivity index (χ0v) is 14.4. The molecule has 5 nitrogen and oxygen atoms in total. The first-order chi connectivity index (χ1) is 11.2. The SMILES string of the molecule is Cc1ccnc(SCc2nc3sc4c(c3c(=O)[nH]2)CCCC4)n1. The second-order valence-corrected chi connectivity index (χ2v) is 7.70. The van der Waals surface area contributed by atoms with Crippen molar-refractivity contribution in [3.63, 3.8) is 0 Å². The Balaban J connectivity index is 1.65. The quantitative estimate of drug-likeness (QED) is 0.583. The first-order valence-corrected chi connectivity index (χ1v) is 9.47. The molecule has 0 saturated carbocycles. The van der Waals surface area contributed by atoms with Crippen LogP contribution >= 0.6 is 23.1 Å². The highest BCUT2D eigenvalue weighted by molar-refractivity contribution is 7.98. The Morgan fingerprint density at radius 3 is 3.04 bits per heavy atom. The van der Waals surface area contributed by atoms with E-state index in [1.165, 1.54) is 35.0 Å². The van der Waals surface area contributed by atoms with E-state index < -0.39 is 0 Å². The molecule has 118 valence electrons. The van der Waals surface area contributed by atoms with Crippen molar-refractivity contribution in [2.75, 3.05) is 0 Å². The summed E-state index contributed by atoms with van der Waals surface area (Å²) in [6.07, 6.45) is 6.21. The lowest BCUT2D eigenvalue weighted by Gasteiger charge is -2.09. The highest BCUT2D eigenvalue weighted by atomic mass is 32.2. The summed E-state index contributed by atoms with van der Waals surface area (Å²) in [5, 5.41) is 1.52. The van der Waals surface area contributed by atoms with Gasteiger partial charge in [-0.25, -0.2) is 15.0 Å². The van der Waals surface area contributed by atoms with Crippen molar-refractivity contribution in [3.05, 3.63) is 44.6 Å². The molecule has 0 atom stereocenters. The molecule has 0 bridgehead atoms. The third-order valence-corrected chi connectivity index (χ3v) is 6.04. The summed E-state index contributed by atoms with van der Waals surface area (Å²) in [4.78, 5) is 30.9. The molecule has 23 heavy (non-hydrogen) atoms. The van der Waals surface area contributed by atoms with E-state index in [-0.39, 0.29) is 5.56 Å². The van der Waals surface area contributed by atoms with Gasteiger partial charge in [0.1, 0.15) is 10.7 Å². The van der Waals surface area contributed by atoms with Crippen LogP contribution in [0.5, 0.6) is 0 Å². The third-order valence-electron chi connectivity index (χ3n) is 3.98. The van der Waals surface area contributed by atoms with Crippen LogP contribution in [0.3, 0.4) is 0 Å². The van der Waals surface area contributed by atoms with Gasteiger partial charge in [-0.15, -0.1) is 11.3 Å². The van der Waals surface area contributed by atoms with Gasteiger partial charge < -0.3 is 4.98 Å². The monoisotopic (exact) mass is 344 g/mol. The van der Waals surface area contributed by atoms with Crippen molar-refractivity contribution in [2.24, 2.45) is 0 Å². The van der Waals surface area contributed by atoms with Crippen molar-refractivity contribution in [1.82, 2.24) is 19.9 Å². The zero-order chi connectivity index (χ0) is 15.8. The second kappa shape index (κ2) is 6.05. The maximum absolute atomic E-state index is 12.5. The lowest BCUT2D eigenvalue weighted by atomic mass is 9.97. The number of hydrogen-bond acceptors (Lipinski definition) is 6. The number of thioether (sulfide) groups is 1. The van der Waals surface area contributed by atoms with E-state index in [1.54, 1.807) is 17.5 Å². The number of rotatable bonds is 3. The Kier molecular flexibility index (Phi) is 3.90. The van der Waals surface area contributed by atoms with E-state index in [0.717, 1.165) is 28.8 Å². The number of aromatic nitrogens is 4. The van der Waals surface area contributed by atoms with Crippen molar-refractivity contribution in [1.29, 1.82) is 0 Å². The van der Waals surface area contributed by atoms with Gasteiger partial charge >= 0.3 is 0 Å². The van der Waals surface area contributed by atoms with E-state index in [9.17, 15) is 4.79 Å². The van der Waals surface area contributed by atoms with Gasteiger partial charge in [-0.1, -0.05) is 11.8 Å². The van der Waals surface area contributed by atoms with Crippen molar-refractivity contribution < 1.29 is 0 Å². The summed E-state index contributed by atoms with van der Waals surface area (Å²) in [6.45, 7) is 1.94. The molecule has 0 aliphatic heterocycles. The summed E-state index contributed by atoms with van der Waals surface area (Å²) in [5.41, 5.74) is 2.16. The number of aromatic amines is 1. The Bertz CT molecular complexity index is 931. The summed E-state index contributed by atoms with van der Waals surface area (Å²) in [6, 6.07) is 1.87. The molecule has 3 aromatic heterocycles. The Morgan fingerprint density at radius 1 is 1.30 bits per heavy atom. The minimum absolute atomic E-state index is 0.00448. The molecule has 1 aliphatic carbocycles. The molecule has 3 aromatic rings. The molecule has 0 amide bonds. The van der Waals surface area contributed by atoms with Crippen molar-refractivity contribution >= 4 is 33.3 Å². The molecule has 0 unspecified atom stereocenters. The fourth-order valence-corrected chi connectivity index (χ4v) is 4.93. The van der Waals surface area contributed by atoms with Crippen LogP contribution in [0, 0.1) is 6.92 Å². The third kappa shape index (κ3) is 2.90. The van der Waals surface area contributed by atoms with Gasteiger partial charge in [-0.3, -0.25) is 4.79 Å². The van der Waals surface area contributed by atoms with E-state index in [4.69, 9.17) is 0 Å². The maximum Gasteiger partial charge on any atom is 0.259 e. The minimum atomic E-state index is -0.00448. The number of fused-ring (bicyclic) bond motifs is 3. The molecule has 1 aliphatic rings. The number of H-pyrrole nitrogens is 1. The predicted molar refractivity (Wildman–Crippen MR) is 93.2 cm³/mol. The van der Waals surface area contributed by atoms with Crippen molar-refractivity contribution in [2.45, 2.75) is 43.5 Å². The van der Waals surface area contributed by atoms with Crippen LogP contribution in [0.25, 0.3) is 10.2 Å².